The highest BCUT2D eigenvalue weighted by Crippen LogP contribution is 2.26. The summed E-state index contributed by atoms with van der Waals surface area (Å²) in [4.78, 5) is 11.5. The van der Waals surface area contributed by atoms with E-state index >= 15 is 0 Å². The number of methoxy groups -OCH3 is 1. The van der Waals surface area contributed by atoms with Crippen LogP contribution in [0.4, 0.5) is 0 Å². The average Bonchev–Trinajstić information content (AvgIpc) is 3.24. The van der Waals surface area contributed by atoms with Crippen LogP contribution in [0.15, 0.2) is 16.9 Å². The van der Waals surface area contributed by atoms with Crippen LogP contribution in [0.5, 0.6) is 0 Å². The lowest BCUT2D eigenvalue weighted by Gasteiger charge is -2.30. The predicted molar refractivity (Wildman–Crippen MR) is 89.6 cm³/mol. The molecule has 3 rings (SSSR count). The van der Waals surface area contributed by atoms with E-state index in [0.29, 0.717) is 18.9 Å². The summed E-state index contributed by atoms with van der Waals surface area (Å²) in [5.74, 6) is 2.96. The van der Waals surface area contributed by atoms with E-state index in [4.69, 9.17) is 9.26 Å². The summed E-state index contributed by atoms with van der Waals surface area (Å²) in [5, 5.41) is 4.07. The van der Waals surface area contributed by atoms with Crippen molar-refractivity contribution in [1.82, 2.24) is 24.6 Å². The van der Waals surface area contributed by atoms with Crippen molar-refractivity contribution in [2.24, 2.45) is 0 Å². The molecule has 1 atom stereocenters. The summed E-state index contributed by atoms with van der Waals surface area (Å²) in [7, 11) is 1.68. The minimum absolute atomic E-state index is 0.317. The third kappa shape index (κ3) is 4.21. The number of rotatable bonds is 8. The van der Waals surface area contributed by atoms with Crippen LogP contribution in [-0.2, 0) is 24.2 Å². The van der Waals surface area contributed by atoms with Crippen LogP contribution >= 0.6 is 0 Å². The van der Waals surface area contributed by atoms with Crippen molar-refractivity contribution in [3.63, 3.8) is 0 Å². The number of hydrogen-bond donors (Lipinski definition) is 0. The summed E-state index contributed by atoms with van der Waals surface area (Å²) < 4.78 is 12.8. The summed E-state index contributed by atoms with van der Waals surface area (Å²) >= 11 is 0. The smallest absolute Gasteiger partial charge is 0.231 e. The molecule has 0 aliphatic carbocycles. The molecule has 7 heteroatoms. The third-order valence-corrected chi connectivity index (χ3v) is 4.50. The van der Waals surface area contributed by atoms with Gasteiger partial charge in [-0.3, -0.25) is 4.90 Å². The number of likely N-dealkylation sites (tertiary alicyclic amines) is 1. The molecule has 0 saturated carbocycles. The lowest BCUT2D eigenvalue weighted by molar-refractivity contribution is 0.174. The number of ether oxygens (including phenoxy) is 1. The number of imidazole rings is 1. The molecule has 2 aromatic rings. The Balaban J connectivity index is 1.59. The van der Waals surface area contributed by atoms with Crippen molar-refractivity contribution >= 4 is 0 Å². The van der Waals surface area contributed by atoms with Crippen molar-refractivity contribution in [3.8, 4) is 0 Å². The van der Waals surface area contributed by atoms with E-state index in [1.54, 1.807) is 7.11 Å². The molecule has 132 valence electrons. The lowest BCUT2D eigenvalue weighted by atomic mass is 9.98. The van der Waals surface area contributed by atoms with Gasteiger partial charge in [0.25, 0.3) is 0 Å². The fourth-order valence-electron chi connectivity index (χ4n) is 3.27. The third-order valence-electron chi connectivity index (χ3n) is 4.50. The molecule has 1 fully saturated rings. The van der Waals surface area contributed by atoms with Gasteiger partial charge in [-0.25, -0.2) is 4.98 Å². The van der Waals surface area contributed by atoms with Gasteiger partial charge in [0, 0.05) is 39.0 Å². The molecular weight excluding hydrogens is 306 g/mol. The topological polar surface area (TPSA) is 69.2 Å². The van der Waals surface area contributed by atoms with Crippen LogP contribution in [0.2, 0.25) is 0 Å². The highest BCUT2D eigenvalue weighted by Gasteiger charge is 2.26. The first-order valence-electron chi connectivity index (χ1n) is 8.84. The summed E-state index contributed by atoms with van der Waals surface area (Å²) in [5.41, 5.74) is 0. The molecule has 1 saturated heterocycles. The Hall–Kier alpha value is -1.73. The van der Waals surface area contributed by atoms with E-state index in [2.05, 4.69) is 37.7 Å². The minimum Gasteiger partial charge on any atom is -0.384 e. The van der Waals surface area contributed by atoms with Crippen molar-refractivity contribution in [2.75, 3.05) is 26.8 Å². The van der Waals surface area contributed by atoms with Gasteiger partial charge in [-0.1, -0.05) is 12.1 Å². The van der Waals surface area contributed by atoms with Crippen molar-refractivity contribution < 1.29 is 9.26 Å². The minimum atomic E-state index is 0.317. The van der Waals surface area contributed by atoms with Gasteiger partial charge in [0.15, 0.2) is 5.82 Å². The van der Waals surface area contributed by atoms with Gasteiger partial charge >= 0.3 is 0 Å². The molecule has 0 bridgehead atoms. The van der Waals surface area contributed by atoms with Gasteiger partial charge in [-0.2, -0.15) is 4.98 Å². The Labute approximate surface area is 143 Å². The molecule has 24 heavy (non-hydrogen) atoms. The zero-order valence-electron chi connectivity index (χ0n) is 14.6. The van der Waals surface area contributed by atoms with E-state index < -0.39 is 0 Å². The maximum absolute atomic E-state index is 5.48. The summed E-state index contributed by atoms with van der Waals surface area (Å²) in [6, 6.07) is 0. The maximum Gasteiger partial charge on any atom is 0.231 e. The van der Waals surface area contributed by atoms with Crippen molar-refractivity contribution in [3.05, 3.63) is 29.9 Å². The maximum atomic E-state index is 5.48. The molecule has 0 unspecified atom stereocenters. The number of nitrogens with zero attached hydrogens (tertiary/aromatic N) is 5. The molecule has 0 spiro atoms. The highest BCUT2D eigenvalue weighted by atomic mass is 16.5. The molecular formula is C17H27N5O2. The highest BCUT2D eigenvalue weighted by molar-refractivity contribution is 4.99. The van der Waals surface area contributed by atoms with Gasteiger partial charge in [-0.15, -0.1) is 0 Å². The van der Waals surface area contributed by atoms with Gasteiger partial charge < -0.3 is 13.8 Å². The Morgan fingerprint density at radius 3 is 3.17 bits per heavy atom. The molecule has 0 radical (unpaired) electrons. The molecule has 7 nitrogen and oxygen atoms in total. The quantitative estimate of drug-likeness (QED) is 0.738. The van der Waals surface area contributed by atoms with Crippen LogP contribution in [0.25, 0.3) is 0 Å². The second kappa shape index (κ2) is 8.39. The van der Waals surface area contributed by atoms with Crippen molar-refractivity contribution in [2.45, 2.75) is 51.6 Å². The molecule has 3 heterocycles. The van der Waals surface area contributed by atoms with E-state index in [1.807, 2.05) is 6.20 Å². The normalized spacial score (nSPS) is 19.0. The molecule has 0 N–H and O–H groups in total. The first-order valence-corrected chi connectivity index (χ1v) is 8.84. The Morgan fingerprint density at radius 1 is 1.42 bits per heavy atom. The van der Waals surface area contributed by atoms with E-state index in [9.17, 15) is 0 Å². The molecule has 0 aromatic carbocycles. The second-order valence-electron chi connectivity index (χ2n) is 6.40. The zero-order chi connectivity index (χ0) is 16.8. The SMILES string of the molecule is CCCn1ccnc1CN1CCC[C@@H](c2nc(CCOC)no2)C1. The number of hydrogen-bond acceptors (Lipinski definition) is 6. The van der Waals surface area contributed by atoms with Crippen LogP contribution in [0.3, 0.4) is 0 Å². The first-order chi connectivity index (χ1) is 11.8. The predicted octanol–water partition coefficient (Wildman–Crippen LogP) is 2.24. The van der Waals surface area contributed by atoms with Gasteiger partial charge in [-0.05, 0) is 25.8 Å². The fourth-order valence-corrected chi connectivity index (χ4v) is 3.27. The van der Waals surface area contributed by atoms with Gasteiger partial charge in [0.05, 0.1) is 19.1 Å². The van der Waals surface area contributed by atoms with Crippen LogP contribution in [-0.4, -0.2) is 51.4 Å². The Kier molecular flexibility index (Phi) is 5.98. The summed E-state index contributed by atoms with van der Waals surface area (Å²) in [6.07, 6.45) is 8.04. The molecule has 1 aliphatic heterocycles. The monoisotopic (exact) mass is 333 g/mol. The van der Waals surface area contributed by atoms with Crippen LogP contribution < -0.4 is 0 Å². The standard InChI is InChI=1S/C17H27N5O2/c1-3-8-22-10-7-18-16(22)13-21-9-4-5-14(12-21)17-19-15(20-24-17)6-11-23-2/h7,10,14H,3-6,8-9,11-13H2,1-2H3/t14-/m1/s1. The average molecular weight is 333 g/mol. The molecule has 0 amide bonds. The Bertz CT molecular complexity index is 624. The number of piperidine rings is 1. The first kappa shape index (κ1) is 17.1. The summed E-state index contributed by atoms with van der Waals surface area (Å²) in [6.45, 7) is 6.77. The number of aryl methyl sites for hydroxylation is 1. The number of aromatic nitrogens is 4. The van der Waals surface area contributed by atoms with E-state index in [0.717, 1.165) is 63.0 Å². The Morgan fingerprint density at radius 2 is 2.33 bits per heavy atom. The lowest BCUT2D eigenvalue weighted by Crippen LogP contribution is -2.34. The largest absolute Gasteiger partial charge is 0.384 e. The van der Waals surface area contributed by atoms with Crippen LogP contribution in [0.1, 0.15) is 49.6 Å². The van der Waals surface area contributed by atoms with E-state index in [-0.39, 0.29) is 0 Å². The zero-order valence-corrected chi connectivity index (χ0v) is 14.6. The van der Waals surface area contributed by atoms with Crippen molar-refractivity contribution in [1.29, 1.82) is 0 Å². The fraction of sp³-hybridized carbons (Fsp3) is 0.706. The van der Waals surface area contributed by atoms with Gasteiger partial charge in [0.1, 0.15) is 5.82 Å². The van der Waals surface area contributed by atoms with Crippen LogP contribution in [0, 0.1) is 0 Å². The van der Waals surface area contributed by atoms with Gasteiger partial charge in [0.2, 0.25) is 5.89 Å². The second-order valence-corrected chi connectivity index (χ2v) is 6.40. The molecule has 2 aromatic heterocycles. The molecule has 1 aliphatic rings. The van der Waals surface area contributed by atoms with E-state index in [1.165, 1.54) is 0 Å².